The van der Waals surface area contributed by atoms with Crippen molar-refractivity contribution in [1.82, 2.24) is 15.3 Å². The number of nitrogens with one attached hydrogen (secondary N) is 2. The summed E-state index contributed by atoms with van der Waals surface area (Å²) in [7, 11) is 0. The van der Waals surface area contributed by atoms with Gasteiger partial charge in [0, 0.05) is 18.3 Å². The Hall–Kier alpha value is -1.09. The average molecular weight is 165 g/mol. The Labute approximate surface area is 72.9 Å². The lowest BCUT2D eigenvalue weighted by Gasteiger charge is -2.06. The first-order valence-electron chi connectivity index (χ1n) is 4.09. The molecular formula is C9H15N3. The van der Waals surface area contributed by atoms with Crippen molar-refractivity contribution in [3.8, 4) is 0 Å². The molecule has 0 spiro atoms. The van der Waals surface area contributed by atoms with Crippen molar-refractivity contribution in [2.45, 2.75) is 26.4 Å². The Morgan fingerprint density at radius 1 is 1.83 bits per heavy atom. The second kappa shape index (κ2) is 4.07. The van der Waals surface area contributed by atoms with E-state index in [1.165, 1.54) is 0 Å². The molecule has 1 unspecified atom stereocenters. The molecule has 12 heavy (non-hydrogen) atoms. The molecule has 0 bridgehead atoms. The van der Waals surface area contributed by atoms with Crippen LogP contribution < -0.4 is 5.32 Å². The number of rotatable bonds is 4. The van der Waals surface area contributed by atoms with Crippen LogP contribution in [0.25, 0.3) is 0 Å². The highest BCUT2D eigenvalue weighted by molar-refractivity contribution is 5.08. The number of hydrogen-bond acceptors (Lipinski definition) is 2. The molecule has 0 aliphatic heterocycles. The van der Waals surface area contributed by atoms with Crippen molar-refractivity contribution >= 4 is 0 Å². The van der Waals surface area contributed by atoms with Crippen molar-refractivity contribution in [3.63, 3.8) is 0 Å². The molecule has 1 rings (SSSR count). The van der Waals surface area contributed by atoms with E-state index in [0.29, 0.717) is 6.04 Å². The monoisotopic (exact) mass is 165 g/mol. The standard InChI is InChI=1S/C9H15N3/c1-4-7(2)10-5-9-8(3)11-6-12-9/h4,6-7,10H,1,5H2,2-3H3,(H,11,12). The SMILES string of the molecule is C=CC(C)NCc1nc[nH]c1C. The first kappa shape index (κ1) is 9.00. The van der Waals surface area contributed by atoms with Crippen LogP contribution in [0, 0.1) is 6.92 Å². The lowest BCUT2D eigenvalue weighted by Crippen LogP contribution is -2.23. The summed E-state index contributed by atoms with van der Waals surface area (Å²) in [6, 6.07) is 0.334. The topological polar surface area (TPSA) is 40.7 Å². The fourth-order valence-corrected chi connectivity index (χ4v) is 0.906. The third-order valence-electron chi connectivity index (χ3n) is 1.88. The molecule has 1 aromatic heterocycles. The van der Waals surface area contributed by atoms with Gasteiger partial charge < -0.3 is 10.3 Å². The number of aromatic amines is 1. The number of aromatic nitrogens is 2. The van der Waals surface area contributed by atoms with Gasteiger partial charge in [-0.25, -0.2) is 4.98 Å². The normalized spacial score (nSPS) is 12.8. The molecule has 1 aromatic rings. The van der Waals surface area contributed by atoms with Crippen LogP contribution in [0.2, 0.25) is 0 Å². The number of nitrogens with zero attached hydrogens (tertiary/aromatic N) is 1. The molecule has 3 nitrogen and oxygen atoms in total. The van der Waals surface area contributed by atoms with Gasteiger partial charge in [-0.05, 0) is 13.8 Å². The lowest BCUT2D eigenvalue weighted by molar-refractivity contribution is 0.624. The molecule has 0 aliphatic rings. The van der Waals surface area contributed by atoms with E-state index in [4.69, 9.17) is 0 Å². The summed E-state index contributed by atoms with van der Waals surface area (Å²) in [5.74, 6) is 0. The van der Waals surface area contributed by atoms with Gasteiger partial charge in [0.1, 0.15) is 0 Å². The molecule has 0 radical (unpaired) electrons. The molecule has 0 fully saturated rings. The summed E-state index contributed by atoms with van der Waals surface area (Å²) < 4.78 is 0. The van der Waals surface area contributed by atoms with Crippen LogP contribution in [-0.4, -0.2) is 16.0 Å². The molecule has 66 valence electrons. The second-order valence-electron chi connectivity index (χ2n) is 2.88. The highest BCUT2D eigenvalue weighted by Crippen LogP contribution is 1.99. The summed E-state index contributed by atoms with van der Waals surface area (Å²) >= 11 is 0. The predicted molar refractivity (Wildman–Crippen MR) is 49.8 cm³/mol. The first-order chi connectivity index (χ1) is 5.74. The summed E-state index contributed by atoms with van der Waals surface area (Å²) in [5.41, 5.74) is 2.20. The van der Waals surface area contributed by atoms with E-state index < -0.39 is 0 Å². The Morgan fingerprint density at radius 3 is 3.08 bits per heavy atom. The van der Waals surface area contributed by atoms with Gasteiger partial charge >= 0.3 is 0 Å². The van der Waals surface area contributed by atoms with Crippen molar-refractivity contribution in [1.29, 1.82) is 0 Å². The maximum absolute atomic E-state index is 4.17. The zero-order chi connectivity index (χ0) is 8.97. The minimum absolute atomic E-state index is 0.334. The maximum Gasteiger partial charge on any atom is 0.0925 e. The number of aryl methyl sites for hydroxylation is 1. The molecule has 3 heteroatoms. The highest BCUT2D eigenvalue weighted by Gasteiger charge is 2.01. The third-order valence-corrected chi connectivity index (χ3v) is 1.88. The van der Waals surface area contributed by atoms with Gasteiger partial charge in [-0.2, -0.15) is 0 Å². The average Bonchev–Trinajstić information content (AvgIpc) is 2.47. The van der Waals surface area contributed by atoms with E-state index in [2.05, 4.69) is 28.8 Å². The largest absolute Gasteiger partial charge is 0.348 e. The Bertz CT molecular complexity index is 252. The van der Waals surface area contributed by atoms with Gasteiger partial charge in [0.05, 0.1) is 12.0 Å². The van der Waals surface area contributed by atoms with Crippen LogP contribution >= 0.6 is 0 Å². The van der Waals surface area contributed by atoms with Crippen LogP contribution in [-0.2, 0) is 6.54 Å². The number of imidazole rings is 1. The van der Waals surface area contributed by atoms with Crippen LogP contribution in [0.3, 0.4) is 0 Å². The van der Waals surface area contributed by atoms with E-state index in [-0.39, 0.29) is 0 Å². The second-order valence-corrected chi connectivity index (χ2v) is 2.88. The van der Waals surface area contributed by atoms with E-state index in [9.17, 15) is 0 Å². The Balaban J connectivity index is 2.43. The molecule has 0 aliphatic carbocycles. The zero-order valence-corrected chi connectivity index (χ0v) is 7.59. The summed E-state index contributed by atoms with van der Waals surface area (Å²) in [4.78, 5) is 7.20. The van der Waals surface area contributed by atoms with Crippen molar-refractivity contribution in [3.05, 3.63) is 30.4 Å². The quantitative estimate of drug-likeness (QED) is 0.662. The molecule has 0 aromatic carbocycles. The Kier molecular flexibility index (Phi) is 3.05. The zero-order valence-electron chi connectivity index (χ0n) is 7.59. The van der Waals surface area contributed by atoms with E-state index in [1.807, 2.05) is 13.0 Å². The fraction of sp³-hybridized carbons (Fsp3) is 0.444. The minimum Gasteiger partial charge on any atom is -0.348 e. The molecule has 0 saturated heterocycles. The van der Waals surface area contributed by atoms with Gasteiger partial charge in [0.15, 0.2) is 0 Å². The number of H-pyrrole nitrogens is 1. The predicted octanol–water partition coefficient (Wildman–Crippen LogP) is 1.38. The molecule has 2 N–H and O–H groups in total. The summed E-state index contributed by atoms with van der Waals surface area (Å²) in [6.45, 7) is 8.57. The van der Waals surface area contributed by atoms with Crippen molar-refractivity contribution in [2.24, 2.45) is 0 Å². The van der Waals surface area contributed by atoms with Crippen molar-refractivity contribution in [2.75, 3.05) is 0 Å². The van der Waals surface area contributed by atoms with Gasteiger partial charge in [-0.3, -0.25) is 0 Å². The van der Waals surface area contributed by atoms with Gasteiger partial charge in [0.2, 0.25) is 0 Å². The van der Waals surface area contributed by atoms with Crippen molar-refractivity contribution < 1.29 is 0 Å². The highest BCUT2D eigenvalue weighted by atomic mass is 15.0. The molecule has 1 atom stereocenters. The van der Waals surface area contributed by atoms with Crippen LogP contribution in [0.5, 0.6) is 0 Å². The Morgan fingerprint density at radius 2 is 2.58 bits per heavy atom. The van der Waals surface area contributed by atoms with Gasteiger partial charge in [0.25, 0.3) is 0 Å². The van der Waals surface area contributed by atoms with Gasteiger partial charge in [-0.1, -0.05) is 6.08 Å². The fourth-order valence-electron chi connectivity index (χ4n) is 0.906. The molecular weight excluding hydrogens is 150 g/mol. The molecule has 0 saturated carbocycles. The van der Waals surface area contributed by atoms with E-state index in [1.54, 1.807) is 6.33 Å². The van der Waals surface area contributed by atoms with Crippen LogP contribution in [0.1, 0.15) is 18.3 Å². The summed E-state index contributed by atoms with van der Waals surface area (Å²) in [5, 5.41) is 3.27. The van der Waals surface area contributed by atoms with Crippen LogP contribution in [0.4, 0.5) is 0 Å². The first-order valence-corrected chi connectivity index (χ1v) is 4.09. The molecule has 1 heterocycles. The lowest BCUT2D eigenvalue weighted by atomic mass is 10.3. The van der Waals surface area contributed by atoms with Crippen LogP contribution in [0.15, 0.2) is 19.0 Å². The van der Waals surface area contributed by atoms with E-state index in [0.717, 1.165) is 17.9 Å². The molecule has 0 amide bonds. The summed E-state index contributed by atoms with van der Waals surface area (Å²) in [6.07, 6.45) is 3.59. The van der Waals surface area contributed by atoms with E-state index >= 15 is 0 Å². The van der Waals surface area contributed by atoms with Gasteiger partial charge in [-0.15, -0.1) is 6.58 Å². The maximum atomic E-state index is 4.17. The smallest absolute Gasteiger partial charge is 0.0925 e. The number of hydrogen-bond donors (Lipinski definition) is 2. The third kappa shape index (κ3) is 2.20. The minimum atomic E-state index is 0.334.